The zero-order valence-electron chi connectivity index (χ0n) is 10.2. The Hall–Kier alpha value is -0.940. The molecule has 1 aromatic heterocycles. The molecule has 94 valence electrons. The van der Waals surface area contributed by atoms with Crippen molar-refractivity contribution < 1.29 is 4.79 Å². The summed E-state index contributed by atoms with van der Waals surface area (Å²) in [6, 6.07) is 0. The maximum absolute atomic E-state index is 11.7. The number of piperidine rings is 1. The van der Waals surface area contributed by atoms with Gasteiger partial charge in [0.25, 0.3) is 0 Å². The van der Waals surface area contributed by atoms with Crippen molar-refractivity contribution in [3.8, 4) is 0 Å². The molecule has 1 saturated heterocycles. The Balaban J connectivity index is 1.70. The van der Waals surface area contributed by atoms with Crippen molar-refractivity contribution in [1.82, 2.24) is 15.6 Å². The van der Waals surface area contributed by atoms with E-state index in [0.29, 0.717) is 18.9 Å². The van der Waals surface area contributed by atoms with Crippen LogP contribution < -0.4 is 10.6 Å². The third-order valence-electron chi connectivity index (χ3n) is 3.04. The van der Waals surface area contributed by atoms with Crippen molar-refractivity contribution in [2.75, 3.05) is 13.1 Å². The Kier molecular flexibility index (Phi) is 4.50. The molecule has 0 radical (unpaired) electrons. The smallest absolute Gasteiger partial charge is 0.220 e. The Labute approximate surface area is 106 Å². The minimum absolute atomic E-state index is 0.157. The highest BCUT2D eigenvalue weighted by Gasteiger charge is 2.16. The fraction of sp³-hybridized carbons (Fsp3) is 0.667. The van der Waals surface area contributed by atoms with Gasteiger partial charge in [0.05, 0.1) is 6.54 Å². The van der Waals surface area contributed by atoms with E-state index in [1.165, 1.54) is 4.88 Å². The summed E-state index contributed by atoms with van der Waals surface area (Å²) in [6.45, 7) is 4.69. The molecule has 5 heteroatoms. The second kappa shape index (κ2) is 6.12. The largest absolute Gasteiger partial charge is 0.350 e. The van der Waals surface area contributed by atoms with E-state index in [9.17, 15) is 4.79 Å². The first-order valence-electron chi connectivity index (χ1n) is 6.13. The molecule has 0 bridgehead atoms. The quantitative estimate of drug-likeness (QED) is 0.854. The first kappa shape index (κ1) is 12.5. The number of carbonyl (C=O) groups is 1. The fourth-order valence-electron chi connectivity index (χ4n) is 2.08. The molecule has 4 nitrogen and oxygen atoms in total. The normalized spacial score (nSPS) is 17.0. The van der Waals surface area contributed by atoms with Crippen molar-refractivity contribution in [2.45, 2.75) is 32.7 Å². The van der Waals surface area contributed by atoms with Crippen molar-refractivity contribution in [2.24, 2.45) is 5.92 Å². The van der Waals surface area contributed by atoms with Gasteiger partial charge in [-0.3, -0.25) is 4.79 Å². The highest BCUT2D eigenvalue weighted by molar-refractivity contribution is 7.11. The maximum Gasteiger partial charge on any atom is 0.220 e. The van der Waals surface area contributed by atoms with E-state index in [4.69, 9.17) is 0 Å². The summed E-state index contributed by atoms with van der Waals surface area (Å²) >= 11 is 1.64. The minimum atomic E-state index is 0.157. The number of rotatable bonds is 4. The summed E-state index contributed by atoms with van der Waals surface area (Å²) in [5.41, 5.74) is 0. The van der Waals surface area contributed by atoms with Crippen molar-refractivity contribution in [3.05, 3.63) is 16.1 Å². The number of nitrogens with one attached hydrogen (secondary N) is 2. The molecule has 1 fully saturated rings. The zero-order valence-corrected chi connectivity index (χ0v) is 11.0. The van der Waals surface area contributed by atoms with Crippen LogP contribution in [-0.2, 0) is 11.3 Å². The molecule has 0 unspecified atom stereocenters. The van der Waals surface area contributed by atoms with Gasteiger partial charge in [-0.1, -0.05) is 0 Å². The third kappa shape index (κ3) is 4.09. The Morgan fingerprint density at radius 1 is 1.59 bits per heavy atom. The predicted molar refractivity (Wildman–Crippen MR) is 68.9 cm³/mol. The van der Waals surface area contributed by atoms with Gasteiger partial charge in [0.1, 0.15) is 5.01 Å². The van der Waals surface area contributed by atoms with Gasteiger partial charge in [0.15, 0.2) is 0 Å². The van der Waals surface area contributed by atoms with E-state index in [2.05, 4.69) is 15.6 Å². The second-order valence-corrected chi connectivity index (χ2v) is 5.86. The lowest BCUT2D eigenvalue weighted by Gasteiger charge is -2.21. The molecule has 1 aromatic rings. The van der Waals surface area contributed by atoms with Crippen LogP contribution in [0.15, 0.2) is 6.20 Å². The summed E-state index contributed by atoms with van der Waals surface area (Å²) in [4.78, 5) is 17.2. The molecule has 0 aliphatic carbocycles. The monoisotopic (exact) mass is 253 g/mol. The van der Waals surface area contributed by atoms with Gasteiger partial charge in [0, 0.05) is 17.5 Å². The van der Waals surface area contributed by atoms with Gasteiger partial charge < -0.3 is 10.6 Å². The summed E-state index contributed by atoms with van der Waals surface area (Å²) in [5, 5.41) is 7.24. The molecule has 2 rings (SSSR count). The number of amides is 1. The molecule has 1 aliphatic heterocycles. The number of hydrogen-bond donors (Lipinski definition) is 2. The van der Waals surface area contributed by atoms with E-state index in [0.717, 1.165) is 30.9 Å². The van der Waals surface area contributed by atoms with E-state index >= 15 is 0 Å². The molecule has 0 spiro atoms. The first-order valence-corrected chi connectivity index (χ1v) is 6.94. The molecular formula is C12H19N3OS. The van der Waals surface area contributed by atoms with Gasteiger partial charge in [-0.2, -0.15) is 0 Å². The first-order chi connectivity index (χ1) is 8.24. The lowest BCUT2D eigenvalue weighted by Crippen LogP contribution is -2.32. The van der Waals surface area contributed by atoms with Crippen LogP contribution in [0.3, 0.4) is 0 Å². The average molecular weight is 253 g/mol. The van der Waals surface area contributed by atoms with Crippen LogP contribution in [0.4, 0.5) is 0 Å². The lowest BCUT2D eigenvalue weighted by atomic mass is 9.94. The van der Waals surface area contributed by atoms with Crippen LogP contribution in [0.1, 0.15) is 29.1 Å². The summed E-state index contributed by atoms with van der Waals surface area (Å²) in [6.07, 6.45) is 4.73. The highest BCUT2D eigenvalue weighted by Crippen LogP contribution is 2.16. The molecule has 0 atom stereocenters. The number of carbonyl (C=O) groups excluding carboxylic acids is 1. The van der Waals surface area contributed by atoms with Crippen LogP contribution in [0.25, 0.3) is 0 Å². The van der Waals surface area contributed by atoms with Crippen LogP contribution in [0.2, 0.25) is 0 Å². The van der Waals surface area contributed by atoms with Crippen LogP contribution in [0, 0.1) is 12.8 Å². The Morgan fingerprint density at radius 3 is 3.00 bits per heavy atom. The van der Waals surface area contributed by atoms with Crippen LogP contribution in [0.5, 0.6) is 0 Å². The lowest BCUT2D eigenvalue weighted by molar-refractivity contribution is -0.122. The molecule has 0 aromatic carbocycles. The van der Waals surface area contributed by atoms with Crippen LogP contribution in [-0.4, -0.2) is 24.0 Å². The third-order valence-corrected chi connectivity index (χ3v) is 3.95. The molecule has 17 heavy (non-hydrogen) atoms. The number of thiazole rings is 1. The summed E-state index contributed by atoms with van der Waals surface area (Å²) in [5.74, 6) is 0.707. The van der Waals surface area contributed by atoms with E-state index in [1.807, 2.05) is 13.1 Å². The summed E-state index contributed by atoms with van der Waals surface area (Å²) < 4.78 is 0. The second-order valence-electron chi connectivity index (χ2n) is 4.54. The highest BCUT2D eigenvalue weighted by atomic mass is 32.1. The number of hydrogen-bond acceptors (Lipinski definition) is 4. The number of aryl methyl sites for hydroxylation is 1. The van der Waals surface area contributed by atoms with E-state index < -0.39 is 0 Å². The SMILES string of the molecule is Cc1cnc(CNC(=O)CC2CCNCC2)s1. The maximum atomic E-state index is 11.7. The predicted octanol–water partition coefficient (Wildman–Crippen LogP) is 1.46. The number of nitrogens with zero attached hydrogens (tertiary/aromatic N) is 1. The molecule has 2 heterocycles. The van der Waals surface area contributed by atoms with Gasteiger partial charge >= 0.3 is 0 Å². The number of aromatic nitrogens is 1. The summed E-state index contributed by atoms with van der Waals surface area (Å²) in [7, 11) is 0. The fourth-order valence-corrected chi connectivity index (χ4v) is 2.80. The molecule has 2 N–H and O–H groups in total. The van der Waals surface area contributed by atoms with E-state index in [-0.39, 0.29) is 5.91 Å². The average Bonchev–Trinajstić information content (AvgIpc) is 2.74. The Bertz CT molecular complexity index is 372. The van der Waals surface area contributed by atoms with Gasteiger partial charge in [-0.25, -0.2) is 4.98 Å². The molecule has 0 saturated carbocycles. The van der Waals surface area contributed by atoms with E-state index in [1.54, 1.807) is 11.3 Å². The topological polar surface area (TPSA) is 54.0 Å². The standard InChI is InChI=1S/C12H19N3OS/c1-9-7-15-12(17-9)8-14-11(16)6-10-2-4-13-5-3-10/h7,10,13H,2-6,8H2,1H3,(H,14,16). The Morgan fingerprint density at radius 2 is 2.35 bits per heavy atom. The van der Waals surface area contributed by atoms with Crippen molar-refractivity contribution in [3.63, 3.8) is 0 Å². The van der Waals surface area contributed by atoms with Gasteiger partial charge in [-0.05, 0) is 38.8 Å². The minimum Gasteiger partial charge on any atom is -0.350 e. The molecular weight excluding hydrogens is 234 g/mol. The van der Waals surface area contributed by atoms with Crippen molar-refractivity contribution >= 4 is 17.2 Å². The van der Waals surface area contributed by atoms with Crippen LogP contribution >= 0.6 is 11.3 Å². The van der Waals surface area contributed by atoms with Crippen molar-refractivity contribution in [1.29, 1.82) is 0 Å². The van der Waals surface area contributed by atoms with Gasteiger partial charge in [0.2, 0.25) is 5.91 Å². The molecule has 1 amide bonds. The molecule has 1 aliphatic rings. The zero-order chi connectivity index (χ0) is 12.1. The van der Waals surface area contributed by atoms with Gasteiger partial charge in [-0.15, -0.1) is 11.3 Å².